The summed E-state index contributed by atoms with van der Waals surface area (Å²) in [6.45, 7) is 3.14. The number of nitrogens with zero attached hydrogens (tertiary/aromatic N) is 4. The number of anilines is 1. The van der Waals surface area contributed by atoms with Crippen LogP contribution in [0.3, 0.4) is 0 Å². The number of nitrogens with two attached hydrogens (primary N) is 1. The van der Waals surface area contributed by atoms with Gasteiger partial charge in [-0.05, 0) is 79.9 Å². The molecule has 6 rings (SSSR count). The number of sulfonamides is 1. The van der Waals surface area contributed by atoms with Gasteiger partial charge >= 0.3 is 6.03 Å². The van der Waals surface area contributed by atoms with Gasteiger partial charge in [0.15, 0.2) is 0 Å². The van der Waals surface area contributed by atoms with Gasteiger partial charge in [0.2, 0.25) is 10.0 Å². The topological polar surface area (TPSA) is 138 Å². The molecule has 11 nitrogen and oxygen atoms in total. The van der Waals surface area contributed by atoms with E-state index >= 15 is 0 Å². The van der Waals surface area contributed by atoms with Crippen molar-refractivity contribution in [2.24, 2.45) is 5.73 Å². The van der Waals surface area contributed by atoms with Gasteiger partial charge < -0.3 is 21.7 Å². The van der Waals surface area contributed by atoms with Crippen LogP contribution in [-0.2, 0) is 23.1 Å². The summed E-state index contributed by atoms with van der Waals surface area (Å²) in [7, 11) is -3.70. The van der Waals surface area contributed by atoms with Crippen molar-refractivity contribution >= 4 is 27.4 Å². The summed E-state index contributed by atoms with van der Waals surface area (Å²) in [5, 5.41) is 13.9. The summed E-state index contributed by atoms with van der Waals surface area (Å²) in [5.74, 6) is 0. The maximum Gasteiger partial charge on any atom is 0.327 e. The van der Waals surface area contributed by atoms with Crippen molar-refractivity contribution in [3.63, 3.8) is 0 Å². The minimum atomic E-state index is -3.70. The summed E-state index contributed by atoms with van der Waals surface area (Å²) in [6.07, 6.45) is 9.30. The lowest BCUT2D eigenvalue weighted by Crippen LogP contribution is -2.51. The van der Waals surface area contributed by atoms with E-state index in [0.29, 0.717) is 26.1 Å². The second kappa shape index (κ2) is 12.1. The largest absolute Gasteiger partial charge is 0.361 e. The summed E-state index contributed by atoms with van der Waals surface area (Å²) in [4.78, 5) is 14.7. The van der Waals surface area contributed by atoms with Crippen molar-refractivity contribution in [1.82, 2.24) is 30.0 Å². The quantitative estimate of drug-likeness (QED) is 0.286. The molecule has 12 heteroatoms. The van der Waals surface area contributed by atoms with Crippen LogP contribution in [0, 0.1) is 0 Å². The van der Waals surface area contributed by atoms with Crippen LogP contribution in [0.2, 0.25) is 0 Å². The summed E-state index contributed by atoms with van der Waals surface area (Å²) in [6, 6.07) is 16.1. The molecule has 5 N–H and O–H groups in total. The average Bonchev–Trinajstić information content (AvgIpc) is 3.69. The molecule has 3 aromatic rings. The molecule has 0 saturated carbocycles. The Morgan fingerprint density at radius 2 is 1.79 bits per heavy atom. The molecule has 0 radical (unpaired) electrons. The minimum absolute atomic E-state index is 0.0408. The number of hydrogen-bond donors (Lipinski definition) is 4. The van der Waals surface area contributed by atoms with E-state index in [-0.39, 0.29) is 23.1 Å². The normalized spacial score (nSPS) is 19.2. The van der Waals surface area contributed by atoms with Crippen LogP contribution in [-0.4, -0.2) is 60.4 Å². The fourth-order valence-electron chi connectivity index (χ4n) is 5.67. The minimum Gasteiger partial charge on any atom is -0.361 e. The number of aryl methyl sites for hydroxylation is 1. The predicted octanol–water partition coefficient (Wildman–Crippen LogP) is 2.56. The Morgan fingerprint density at radius 3 is 2.48 bits per heavy atom. The van der Waals surface area contributed by atoms with E-state index in [1.165, 1.54) is 0 Å². The molecule has 42 heavy (non-hydrogen) atoms. The monoisotopic (exact) mass is 588 g/mol. The van der Waals surface area contributed by atoms with Gasteiger partial charge in [0.1, 0.15) is 6.17 Å². The number of carbonyl (C=O) groups is 1. The molecule has 3 aliphatic heterocycles. The number of rotatable bonds is 10. The number of aromatic nitrogens is 2. The highest BCUT2D eigenvalue weighted by Crippen LogP contribution is 2.30. The Morgan fingerprint density at radius 1 is 1.02 bits per heavy atom. The third-order valence-electron chi connectivity index (χ3n) is 7.97. The van der Waals surface area contributed by atoms with Crippen molar-refractivity contribution in [2.75, 3.05) is 24.5 Å². The Kier molecular flexibility index (Phi) is 8.11. The van der Waals surface area contributed by atoms with Crippen LogP contribution in [0.25, 0.3) is 5.70 Å². The van der Waals surface area contributed by atoms with Gasteiger partial charge in [0.25, 0.3) is 0 Å². The van der Waals surface area contributed by atoms with Gasteiger partial charge in [0.05, 0.1) is 10.6 Å². The number of nitrogens with one attached hydrogen (secondary N) is 3. The van der Waals surface area contributed by atoms with Crippen molar-refractivity contribution in [3.05, 3.63) is 96.0 Å². The average molecular weight is 589 g/mol. The third kappa shape index (κ3) is 5.84. The second-order valence-electron chi connectivity index (χ2n) is 10.7. The van der Waals surface area contributed by atoms with Crippen molar-refractivity contribution < 1.29 is 13.2 Å². The first-order valence-corrected chi connectivity index (χ1v) is 15.8. The SMILES string of the molecule is NCc1ccc(N2C=C3C=C(c4ccc(S(=O)(=O)N(CCCn5cccn5)C5CCNCC5)cc4)NC3NC2=O)cc1. The Bertz CT molecular complexity index is 1560. The zero-order valence-electron chi connectivity index (χ0n) is 23.3. The first-order chi connectivity index (χ1) is 20.4. The van der Waals surface area contributed by atoms with Crippen LogP contribution in [0.1, 0.15) is 30.4 Å². The predicted molar refractivity (Wildman–Crippen MR) is 161 cm³/mol. The Hall–Kier alpha value is -3.97. The molecular weight excluding hydrogens is 552 g/mol. The van der Waals surface area contributed by atoms with Gasteiger partial charge in [-0.25, -0.2) is 13.2 Å². The number of carbonyl (C=O) groups excluding carboxylic acids is 1. The van der Waals surface area contributed by atoms with Gasteiger partial charge in [-0.15, -0.1) is 0 Å². The van der Waals surface area contributed by atoms with E-state index in [1.54, 1.807) is 27.5 Å². The third-order valence-corrected chi connectivity index (χ3v) is 9.94. The zero-order valence-corrected chi connectivity index (χ0v) is 24.1. The molecule has 1 fully saturated rings. The molecule has 4 heterocycles. The fourth-order valence-corrected chi connectivity index (χ4v) is 7.39. The number of urea groups is 1. The highest BCUT2D eigenvalue weighted by atomic mass is 32.2. The standard InChI is InChI=1S/C30H36N8O3S/c31-20-22-3-7-25(8-4-22)37-21-24-19-28(34-29(24)35-30(37)39)23-5-9-27(10-6-23)42(40,41)38(26-11-14-32-15-12-26)18-2-17-36-16-1-13-33-36/h1,3-10,13,16,19,21,26,29,32,34H,2,11-12,14-15,17-18,20,31H2,(H,35,39). The molecule has 2 amide bonds. The lowest BCUT2D eigenvalue weighted by atomic mass is 10.1. The molecule has 1 saturated heterocycles. The lowest BCUT2D eigenvalue weighted by molar-refractivity contribution is 0.244. The number of amides is 2. The summed E-state index contributed by atoms with van der Waals surface area (Å²) < 4.78 is 31.3. The van der Waals surface area contributed by atoms with E-state index < -0.39 is 10.0 Å². The molecule has 1 aromatic heterocycles. The number of benzene rings is 2. The van der Waals surface area contributed by atoms with Crippen molar-refractivity contribution in [2.45, 2.75) is 49.5 Å². The van der Waals surface area contributed by atoms with Crippen LogP contribution in [0.5, 0.6) is 0 Å². The van der Waals surface area contributed by atoms with Gasteiger partial charge in [0, 0.05) is 55.5 Å². The second-order valence-corrected chi connectivity index (χ2v) is 12.6. The highest BCUT2D eigenvalue weighted by molar-refractivity contribution is 7.89. The van der Waals surface area contributed by atoms with E-state index in [0.717, 1.165) is 54.0 Å². The molecule has 1 unspecified atom stereocenters. The molecule has 3 aliphatic rings. The summed E-state index contributed by atoms with van der Waals surface area (Å²) in [5.41, 5.74) is 9.99. The van der Waals surface area contributed by atoms with E-state index in [9.17, 15) is 13.2 Å². The first kappa shape index (κ1) is 28.2. The molecule has 1 atom stereocenters. The highest BCUT2D eigenvalue weighted by Gasteiger charge is 2.33. The molecule has 220 valence electrons. The van der Waals surface area contributed by atoms with Gasteiger partial charge in [-0.1, -0.05) is 24.3 Å². The van der Waals surface area contributed by atoms with Crippen LogP contribution < -0.4 is 26.6 Å². The molecular formula is C30H36N8O3S. The summed E-state index contributed by atoms with van der Waals surface area (Å²) >= 11 is 0. The van der Waals surface area contributed by atoms with Crippen LogP contribution >= 0.6 is 0 Å². The van der Waals surface area contributed by atoms with Crippen LogP contribution in [0.15, 0.2) is 89.7 Å². The van der Waals surface area contributed by atoms with Crippen LogP contribution in [0.4, 0.5) is 10.5 Å². The number of fused-ring (bicyclic) bond motifs is 1. The van der Waals surface area contributed by atoms with Crippen molar-refractivity contribution in [1.29, 1.82) is 0 Å². The smallest absolute Gasteiger partial charge is 0.327 e. The molecule has 0 aliphatic carbocycles. The van der Waals surface area contributed by atoms with E-state index in [1.807, 2.05) is 65.6 Å². The molecule has 2 aromatic carbocycles. The Balaban J connectivity index is 1.19. The molecule has 0 spiro atoms. The maximum absolute atomic E-state index is 13.9. The number of hydrogen-bond acceptors (Lipinski definition) is 7. The number of piperidine rings is 1. The lowest BCUT2D eigenvalue weighted by Gasteiger charge is -2.34. The van der Waals surface area contributed by atoms with Crippen molar-refractivity contribution in [3.8, 4) is 0 Å². The fraction of sp³-hybridized carbons (Fsp3) is 0.333. The zero-order chi connectivity index (χ0) is 29.1. The maximum atomic E-state index is 13.9. The first-order valence-electron chi connectivity index (χ1n) is 14.3. The Labute approximate surface area is 246 Å². The van der Waals surface area contributed by atoms with Gasteiger partial charge in [-0.2, -0.15) is 9.40 Å². The van der Waals surface area contributed by atoms with E-state index in [2.05, 4.69) is 21.0 Å². The van der Waals surface area contributed by atoms with Gasteiger partial charge in [-0.3, -0.25) is 9.58 Å². The molecule has 0 bridgehead atoms. The van der Waals surface area contributed by atoms with E-state index in [4.69, 9.17) is 5.73 Å².